The van der Waals surface area contributed by atoms with E-state index < -0.39 is 0 Å². The number of fused-ring (bicyclic) bond motifs is 1. The highest BCUT2D eigenvalue weighted by Crippen LogP contribution is 2.39. The van der Waals surface area contributed by atoms with Crippen LogP contribution >= 0.6 is 0 Å². The molecule has 4 aromatic rings. The largest absolute Gasteiger partial charge is 0.253 e. The lowest BCUT2D eigenvalue weighted by Gasteiger charge is -2.29. The predicted molar refractivity (Wildman–Crippen MR) is 141 cm³/mol. The predicted octanol–water partition coefficient (Wildman–Crippen LogP) is 6.31. The smallest absolute Gasteiger partial charge is 0.0691 e. The second kappa shape index (κ2) is 8.33. The maximum Gasteiger partial charge on any atom is 0.0691 e. The van der Waals surface area contributed by atoms with Crippen LogP contribution in [0.3, 0.4) is 0 Å². The highest BCUT2D eigenvalue weighted by atomic mass is 14.8. The van der Waals surface area contributed by atoms with Crippen LogP contribution in [0.4, 0.5) is 5.69 Å². The Morgan fingerprint density at radius 3 is 1.85 bits per heavy atom. The molecule has 0 saturated heterocycles. The SMILES string of the molecule is C/C(=N\c1c(C)cc(C)cc1C)c1ccccc1C1(c2ccccc2)C=c2ccccc2=C1. The van der Waals surface area contributed by atoms with Gasteiger partial charge in [0.15, 0.2) is 0 Å². The quantitative estimate of drug-likeness (QED) is 0.338. The van der Waals surface area contributed by atoms with Crippen LogP contribution in [-0.4, -0.2) is 5.71 Å². The third kappa shape index (κ3) is 3.74. The fourth-order valence-corrected chi connectivity index (χ4v) is 5.23. The summed E-state index contributed by atoms with van der Waals surface area (Å²) in [6.45, 7) is 8.58. The minimum atomic E-state index is -0.338. The van der Waals surface area contributed by atoms with Gasteiger partial charge >= 0.3 is 0 Å². The Balaban J connectivity index is 1.75. The van der Waals surface area contributed by atoms with Crippen molar-refractivity contribution in [1.29, 1.82) is 0 Å². The molecule has 0 amide bonds. The zero-order valence-electron chi connectivity index (χ0n) is 19.8. The average Bonchev–Trinajstić information content (AvgIpc) is 3.23. The van der Waals surface area contributed by atoms with E-state index in [2.05, 4.69) is 131 Å². The van der Waals surface area contributed by atoms with Crippen molar-refractivity contribution in [3.8, 4) is 0 Å². The van der Waals surface area contributed by atoms with Gasteiger partial charge in [-0.25, -0.2) is 0 Å². The summed E-state index contributed by atoms with van der Waals surface area (Å²) in [5.74, 6) is 0. The normalized spacial score (nSPS) is 14.4. The molecular weight excluding hydrogens is 398 g/mol. The summed E-state index contributed by atoms with van der Waals surface area (Å²) in [7, 11) is 0. The van der Waals surface area contributed by atoms with Crippen LogP contribution in [0.15, 0.2) is 96.0 Å². The number of benzene rings is 4. The Morgan fingerprint density at radius 1 is 0.667 bits per heavy atom. The van der Waals surface area contributed by atoms with E-state index in [0.717, 1.165) is 11.4 Å². The van der Waals surface area contributed by atoms with Gasteiger partial charge in [0.2, 0.25) is 0 Å². The maximum absolute atomic E-state index is 5.16. The molecule has 0 heterocycles. The lowest BCUT2D eigenvalue weighted by atomic mass is 9.73. The molecule has 0 radical (unpaired) electrons. The molecule has 1 nitrogen and oxygen atoms in total. The van der Waals surface area contributed by atoms with E-state index in [1.54, 1.807) is 0 Å². The molecule has 0 spiro atoms. The number of hydrogen-bond acceptors (Lipinski definition) is 1. The van der Waals surface area contributed by atoms with Gasteiger partial charge in [0.25, 0.3) is 0 Å². The maximum atomic E-state index is 5.16. The van der Waals surface area contributed by atoms with Gasteiger partial charge in [0.05, 0.1) is 11.1 Å². The van der Waals surface area contributed by atoms with Crippen molar-refractivity contribution in [2.45, 2.75) is 33.1 Å². The highest BCUT2D eigenvalue weighted by molar-refractivity contribution is 6.03. The molecule has 0 atom stereocenters. The first kappa shape index (κ1) is 21.2. The summed E-state index contributed by atoms with van der Waals surface area (Å²) in [6.07, 6.45) is 4.82. The van der Waals surface area contributed by atoms with Crippen molar-refractivity contribution in [3.05, 3.63) is 135 Å². The second-order valence-electron chi connectivity index (χ2n) is 9.14. The average molecular weight is 428 g/mol. The molecule has 0 fully saturated rings. The molecule has 0 bridgehead atoms. The summed E-state index contributed by atoms with van der Waals surface area (Å²) in [5, 5.41) is 2.55. The zero-order valence-corrected chi connectivity index (χ0v) is 19.8. The Hall–Kier alpha value is -3.71. The van der Waals surface area contributed by atoms with Crippen LogP contribution in [0.1, 0.15) is 40.3 Å². The van der Waals surface area contributed by atoms with Gasteiger partial charge in [0, 0.05) is 11.3 Å². The van der Waals surface area contributed by atoms with Gasteiger partial charge in [0.1, 0.15) is 0 Å². The highest BCUT2D eigenvalue weighted by Gasteiger charge is 2.34. The number of nitrogens with zero attached hydrogens (tertiary/aromatic N) is 1. The number of aryl methyl sites for hydroxylation is 3. The molecule has 5 rings (SSSR count). The van der Waals surface area contributed by atoms with Crippen molar-refractivity contribution >= 4 is 23.6 Å². The Bertz CT molecular complexity index is 1430. The Labute approximate surface area is 196 Å². The Kier molecular flexibility index (Phi) is 5.34. The number of hydrogen-bond donors (Lipinski definition) is 0. The first-order valence-electron chi connectivity index (χ1n) is 11.6. The monoisotopic (exact) mass is 427 g/mol. The second-order valence-corrected chi connectivity index (χ2v) is 9.14. The fourth-order valence-electron chi connectivity index (χ4n) is 5.23. The topological polar surface area (TPSA) is 12.4 Å². The molecule has 0 unspecified atom stereocenters. The standard InChI is InChI=1S/C32H29N/c1-22-18-23(2)31(24(3)19-22)33-25(4)29-16-10-11-17-30(29)32(28-14-6-5-7-15-28)20-26-12-8-9-13-27(26)21-32/h5-21H,1-4H3/b33-25+. The lowest BCUT2D eigenvalue weighted by molar-refractivity contribution is 0.919. The molecule has 0 N–H and O–H groups in total. The van der Waals surface area contributed by atoms with Crippen LogP contribution in [0, 0.1) is 20.8 Å². The molecule has 162 valence electrons. The molecule has 0 aromatic heterocycles. The van der Waals surface area contributed by atoms with Gasteiger partial charge in [-0.15, -0.1) is 0 Å². The van der Waals surface area contributed by atoms with E-state index in [0.29, 0.717) is 0 Å². The molecule has 1 aliphatic carbocycles. The van der Waals surface area contributed by atoms with E-state index in [4.69, 9.17) is 4.99 Å². The third-order valence-electron chi connectivity index (χ3n) is 6.69. The third-order valence-corrected chi connectivity index (χ3v) is 6.69. The van der Waals surface area contributed by atoms with E-state index in [1.807, 2.05) is 0 Å². The summed E-state index contributed by atoms with van der Waals surface area (Å²) < 4.78 is 0. The number of aliphatic imine (C=N–C) groups is 1. The first-order chi connectivity index (χ1) is 16.0. The minimum absolute atomic E-state index is 0.338. The fraction of sp³-hybridized carbons (Fsp3) is 0.156. The van der Waals surface area contributed by atoms with Crippen LogP contribution in [0.2, 0.25) is 0 Å². The van der Waals surface area contributed by atoms with E-state index in [9.17, 15) is 0 Å². The van der Waals surface area contributed by atoms with Gasteiger partial charge in [-0.3, -0.25) is 4.99 Å². The van der Waals surface area contributed by atoms with Crippen LogP contribution in [-0.2, 0) is 5.41 Å². The molecule has 4 aromatic carbocycles. The molecule has 0 aliphatic heterocycles. The van der Waals surface area contributed by atoms with Gasteiger partial charge in [-0.1, -0.05) is 109 Å². The Morgan fingerprint density at radius 2 is 1.21 bits per heavy atom. The van der Waals surface area contributed by atoms with Crippen LogP contribution in [0.5, 0.6) is 0 Å². The minimum Gasteiger partial charge on any atom is -0.253 e. The van der Waals surface area contributed by atoms with Crippen molar-refractivity contribution in [1.82, 2.24) is 0 Å². The van der Waals surface area contributed by atoms with E-state index in [1.165, 1.54) is 43.8 Å². The molecule has 1 aliphatic rings. The number of rotatable bonds is 4. The van der Waals surface area contributed by atoms with Gasteiger partial charge in [-0.05, 0) is 60.4 Å². The van der Waals surface area contributed by atoms with E-state index >= 15 is 0 Å². The summed E-state index contributed by atoms with van der Waals surface area (Å²) in [4.78, 5) is 5.16. The summed E-state index contributed by atoms with van der Waals surface area (Å²) in [5.41, 5.74) is 9.19. The van der Waals surface area contributed by atoms with Crippen molar-refractivity contribution in [2.75, 3.05) is 0 Å². The van der Waals surface area contributed by atoms with Crippen molar-refractivity contribution in [2.24, 2.45) is 4.99 Å². The lowest BCUT2D eigenvalue weighted by Crippen LogP contribution is -2.24. The summed E-state index contributed by atoms with van der Waals surface area (Å²) in [6, 6.07) is 32.6. The van der Waals surface area contributed by atoms with Crippen LogP contribution < -0.4 is 10.4 Å². The summed E-state index contributed by atoms with van der Waals surface area (Å²) >= 11 is 0. The molecule has 33 heavy (non-hydrogen) atoms. The molecule has 0 saturated carbocycles. The van der Waals surface area contributed by atoms with Crippen molar-refractivity contribution in [3.63, 3.8) is 0 Å². The first-order valence-corrected chi connectivity index (χ1v) is 11.6. The van der Waals surface area contributed by atoms with E-state index in [-0.39, 0.29) is 5.41 Å². The van der Waals surface area contributed by atoms with Crippen molar-refractivity contribution < 1.29 is 0 Å². The van der Waals surface area contributed by atoms with Crippen LogP contribution in [0.25, 0.3) is 12.2 Å². The van der Waals surface area contributed by atoms with Gasteiger partial charge < -0.3 is 0 Å². The zero-order chi connectivity index (χ0) is 23.0. The molecule has 1 heteroatoms. The van der Waals surface area contributed by atoms with Gasteiger partial charge in [-0.2, -0.15) is 0 Å². The molecular formula is C32H29N.